The molecule has 1 aliphatic rings. The lowest BCUT2D eigenvalue weighted by molar-refractivity contribution is -0.141. The third-order valence-electron chi connectivity index (χ3n) is 3.49. The molecule has 0 aliphatic carbocycles. The van der Waals surface area contributed by atoms with Gasteiger partial charge in [0, 0.05) is 12.1 Å². The first-order chi connectivity index (χ1) is 8.40. The number of rotatable bonds is 5. The third kappa shape index (κ3) is 6.36. The van der Waals surface area contributed by atoms with Crippen LogP contribution >= 0.6 is 0 Å². The molecule has 0 amide bonds. The van der Waals surface area contributed by atoms with Gasteiger partial charge in [0.1, 0.15) is 0 Å². The lowest BCUT2D eigenvalue weighted by Gasteiger charge is -2.33. The fourth-order valence-electron chi connectivity index (χ4n) is 2.22. The maximum Gasteiger partial charge on any atom is 0.306 e. The molecular formula is C14H28N2O2. The number of ether oxygens (including phenoxy) is 1. The fourth-order valence-corrected chi connectivity index (χ4v) is 2.22. The van der Waals surface area contributed by atoms with Gasteiger partial charge < -0.3 is 15.0 Å². The van der Waals surface area contributed by atoms with E-state index in [9.17, 15) is 4.79 Å². The van der Waals surface area contributed by atoms with E-state index < -0.39 is 0 Å². The Kier molecular flexibility index (Phi) is 6.09. The van der Waals surface area contributed by atoms with Gasteiger partial charge in [-0.05, 0) is 59.2 Å². The molecule has 4 nitrogen and oxygen atoms in total. The molecule has 106 valence electrons. The van der Waals surface area contributed by atoms with Gasteiger partial charge in [0.15, 0.2) is 0 Å². The molecule has 4 heteroatoms. The summed E-state index contributed by atoms with van der Waals surface area (Å²) in [5.41, 5.74) is 0.210. The molecule has 0 aromatic rings. The molecule has 0 radical (unpaired) electrons. The first-order valence-electron chi connectivity index (χ1n) is 6.95. The van der Waals surface area contributed by atoms with E-state index >= 15 is 0 Å². The zero-order valence-corrected chi connectivity index (χ0v) is 12.3. The van der Waals surface area contributed by atoms with Crippen molar-refractivity contribution in [1.82, 2.24) is 10.2 Å². The first-order valence-corrected chi connectivity index (χ1v) is 6.95. The average Bonchev–Trinajstić information content (AvgIpc) is 2.33. The van der Waals surface area contributed by atoms with Crippen LogP contribution in [0, 0.1) is 5.92 Å². The molecule has 0 aromatic heterocycles. The minimum Gasteiger partial charge on any atom is -0.469 e. The van der Waals surface area contributed by atoms with Crippen molar-refractivity contribution in [2.75, 3.05) is 33.3 Å². The van der Waals surface area contributed by atoms with E-state index in [1.165, 1.54) is 20.0 Å². The van der Waals surface area contributed by atoms with Gasteiger partial charge in [0.2, 0.25) is 0 Å². The summed E-state index contributed by atoms with van der Waals surface area (Å²) >= 11 is 0. The normalized spacial score (nSPS) is 18.9. The Bertz CT molecular complexity index is 253. The van der Waals surface area contributed by atoms with Crippen LogP contribution in [-0.2, 0) is 9.53 Å². The smallest absolute Gasteiger partial charge is 0.306 e. The molecule has 1 heterocycles. The van der Waals surface area contributed by atoms with Gasteiger partial charge in [0.05, 0.1) is 13.5 Å². The number of carbonyl (C=O) groups is 1. The molecule has 1 saturated heterocycles. The molecule has 0 bridgehead atoms. The van der Waals surface area contributed by atoms with Crippen molar-refractivity contribution in [2.24, 2.45) is 5.92 Å². The lowest BCUT2D eigenvalue weighted by Crippen LogP contribution is -2.43. The molecule has 0 atom stereocenters. The third-order valence-corrected chi connectivity index (χ3v) is 3.49. The van der Waals surface area contributed by atoms with Crippen molar-refractivity contribution in [3.05, 3.63) is 0 Å². The Morgan fingerprint density at radius 1 is 1.33 bits per heavy atom. The Hall–Kier alpha value is -0.610. The van der Waals surface area contributed by atoms with E-state index in [1.54, 1.807) is 0 Å². The van der Waals surface area contributed by atoms with Gasteiger partial charge in [-0.15, -0.1) is 0 Å². The second-order valence-corrected chi connectivity index (χ2v) is 6.24. The number of hydrogen-bond acceptors (Lipinski definition) is 4. The van der Waals surface area contributed by atoms with Crippen LogP contribution in [0.15, 0.2) is 0 Å². The van der Waals surface area contributed by atoms with E-state index in [0.717, 1.165) is 32.1 Å². The van der Waals surface area contributed by atoms with E-state index in [2.05, 4.69) is 35.7 Å². The first kappa shape index (κ1) is 15.4. The summed E-state index contributed by atoms with van der Waals surface area (Å²) < 4.78 is 4.66. The van der Waals surface area contributed by atoms with Crippen LogP contribution in [0.4, 0.5) is 0 Å². The molecule has 18 heavy (non-hydrogen) atoms. The number of piperidine rings is 1. The van der Waals surface area contributed by atoms with E-state index in [-0.39, 0.29) is 11.5 Å². The lowest BCUT2D eigenvalue weighted by atomic mass is 9.95. The van der Waals surface area contributed by atoms with E-state index in [0.29, 0.717) is 6.42 Å². The Morgan fingerprint density at radius 2 is 1.94 bits per heavy atom. The molecule has 0 spiro atoms. The summed E-state index contributed by atoms with van der Waals surface area (Å²) in [5, 5.41) is 3.57. The van der Waals surface area contributed by atoms with Crippen LogP contribution in [0.2, 0.25) is 0 Å². The number of esters is 1. The zero-order valence-electron chi connectivity index (χ0n) is 12.3. The molecule has 1 N–H and O–H groups in total. The molecule has 0 saturated carbocycles. The Balaban J connectivity index is 2.15. The minimum atomic E-state index is -0.105. The molecule has 1 fully saturated rings. The fraction of sp³-hybridized carbons (Fsp3) is 0.929. The highest BCUT2D eigenvalue weighted by molar-refractivity contribution is 5.69. The summed E-state index contributed by atoms with van der Waals surface area (Å²) in [5.74, 6) is 0.671. The monoisotopic (exact) mass is 256 g/mol. The predicted octanol–water partition coefficient (Wildman–Crippen LogP) is 1.65. The molecular weight excluding hydrogens is 228 g/mol. The molecule has 0 aromatic carbocycles. The van der Waals surface area contributed by atoms with Gasteiger partial charge in [-0.25, -0.2) is 0 Å². The van der Waals surface area contributed by atoms with Gasteiger partial charge in [-0.1, -0.05) is 0 Å². The summed E-state index contributed by atoms with van der Waals surface area (Å²) in [4.78, 5) is 13.4. The number of carbonyl (C=O) groups excluding carboxylic acids is 1. The highest BCUT2D eigenvalue weighted by Gasteiger charge is 2.21. The number of hydrogen-bond donors (Lipinski definition) is 1. The highest BCUT2D eigenvalue weighted by Crippen LogP contribution is 2.17. The van der Waals surface area contributed by atoms with Crippen LogP contribution in [0.25, 0.3) is 0 Å². The maximum atomic E-state index is 11.1. The van der Waals surface area contributed by atoms with Crippen LogP contribution in [0.5, 0.6) is 0 Å². The second kappa shape index (κ2) is 7.10. The van der Waals surface area contributed by atoms with Crippen molar-refractivity contribution >= 4 is 5.97 Å². The number of nitrogens with one attached hydrogen (secondary N) is 1. The zero-order chi connectivity index (χ0) is 13.6. The van der Waals surface area contributed by atoms with Crippen molar-refractivity contribution in [1.29, 1.82) is 0 Å². The number of likely N-dealkylation sites (tertiary alicyclic amines) is 1. The Morgan fingerprint density at radius 3 is 2.44 bits per heavy atom. The molecule has 0 unspecified atom stereocenters. The van der Waals surface area contributed by atoms with E-state index in [4.69, 9.17) is 0 Å². The quantitative estimate of drug-likeness (QED) is 0.760. The van der Waals surface area contributed by atoms with Crippen LogP contribution in [0.3, 0.4) is 0 Å². The Labute approximate surface area is 111 Å². The summed E-state index contributed by atoms with van der Waals surface area (Å²) in [6.07, 6.45) is 2.97. The minimum absolute atomic E-state index is 0.105. The maximum absolute atomic E-state index is 11.1. The average molecular weight is 256 g/mol. The SMILES string of the molecule is COC(=O)CCN1CCC(CNC(C)(C)C)CC1. The van der Waals surface area contributed by atoms with E-state index in [1.807, 2.05) is 0 Å². The molecule has 1 rings (SSSR count). The molecule has 1 aliphatic heterocycles. The number of methoxy groups -OCH3 is 1. The number of nitrogens with zero attached hydrogens (tertiary/aromatic N) is 1. The predicted molar refractivity (Wildman–Crippen MR) is 73.6 cm³/mol. The summed E-state index contributed by atoms with van der Waals surface area (Å²) in [6, 6.07) is 0. The van der Waals surface area contributed by atoms with Gasteiger partial charge >= 0.3 is 5.97 Å². The van der Waals surface area contributed by atoms with Gasteiger partial charge in [-0.3, -0.25) is 4.79 Å². The highest BCUT2D eigenvalue weighted by atomic mass is 16.5. The van der Waals surface area contributed by atoms with Crippen LogP contribution in [-0.4, -0.2) is 49.7 Å². The van der Waals surface area contributed by atoms with Crippen LogP contribution in [0.1, 0.15) is 40.0 Å². The topological polar surface area (TPSA) is 41.6 Å². The van der Waals surface area contributed by atoms with Gasteiger partial charge in [0.25, 0.3) is 0 Å². The largest absolute Gasteiger partial charge is 0.469 e. The van der Waals surface area contributed by atoms with Crippen molar-refractivity contribution in [2.45, 2.75) is 45.6 Å². The van der Waals surface area contributed by atoms with Gasteiger partial charge in [-0.2, -0.15) is 0 Å². The second-order valence-electron chi connectivity index (χ2n) is 6.24. The van der Waals surface area contributed by atoms with Crippen molar-refractivity contribution in [3.8, 4) is 0 Å². The van der Waals surface area contributed by atoms with Crippen molar-refractivity contribution in [3.63, 3.8) is 0 Å². The van der Waals surface area contributed by atoms with Crippen molar-refractivity contribution < 1.29 is 9.53 Å². The summed E-state index contributed by atoms with van der Waals surface area (Å²) in [6.45, 7) is 10.8. The standard InChI is InChI=1S/C14H28N2O2/c1-14(2,3)15-11-12-5-8-16(9-6-12)10-7-13(17)18-4/h12,15H,5-11H2,1-4H3. The summed E-state index contributed by atoms with van der Waals surface area (Å²) in [7, 11) is 1.45. The van der Waals surface area contributed by atoms with Crippen LogP contribution < -0.4 is 5.32 Å².